The largest absolute Gasteiger partial charge is 0.480 e. The van der Waals surface area contributed by atoms with E-state index in [4.69, 9.17) is 4.74 Å². The van der Waals surface area contributed by atoms with Gasteiger partial charge in [0, 0.05) is 6.42 Å². The Bertz CT molecular complexity index is 810. The van der Waals surface area contributed by atoms with E-state index in [1.807, 2.05) is 0 Å². The monoisotopic (exact) mass is 377 g/mol. The van der Waals surface area contributed by atoms with Crippen molar-refractivity contribution in [2.45, 2.75) is 25.4 Å². The molecule has 144 valence electrons. The second-order valence-electron chi connectivity index (χ2n) is 5.75. The van der Waals surface area contributed by atoms with Gasteiger partial charge in [0.1, 0.15) is 17.7 Å². The zero-order valence-electron chi connectivity index (χ0n) is 14.7. The first kappa shape index (κ1) is 20.2. The van der Waals surface area contributed by atoms with Gasteiger partial charge in [0.15, 0.2) is 6.04 Å². The van der Waals surface area contributed by atoms with Crippen LogP contribution >= 0.6 is 0 Å². The number of aromatic nitrogens is 4. The first-order chi connectivity index (χ1) is 12.9. The third-order valence-corrected chi connectivity index (χ3v) is 3.71. The molecule has 0 saturated heterocycles. The zero-order valence-corrected chi connectivity index (χ0v) is 14.7. The number of amides is 1. The van der Waals surface area contributed by atoms with Crippen molar-refractivity contribution >= 4 is 11.9 Å². The van der Waals surface area contributed by atoms with E-state index in [0.29, 0.717) is 11.4 Å². The molecule has 27 heavy (non-hydrogen) atoms. The highest BCUT2D eigenvalue weighted by Gasteiger charge is 2.29. The number of tetrazole rings is 1. The average molecular weight is 377 g/mol. The average Bonchev–Trinajstić information content (AvgIpc) is 3.04. The van der Waals surface area contributed by atoms with Crippen molar-refractivity contribution in [3.63, 3.8) is 0 Å². The minimum Gasteiger partial charge on any atom is -0.480 e. The number of carboxylic acid groups (broad SMARTS) is 1. The van der Waals surface area contributed by atoms with Gasteiger partial charge in [0.25, 0.3) is 0 Å². The van der Waals surface area contributed by atoms with Crippen molar-refractivity contribution in [1.82, 2.24) is 25.5 Å². The number of hydrogen-bond acceptors (Lipinski definition) is 6. The number of benzene rings is 1. The van der Waals surface area contributed by atoms with Gasteiger partial charge in [-0.05, 0) is 35.0 Å². The summed E-state index contributed by atoms with van der Waals surface area (Å²) in [6, 6.07) is 3.55. The zero-order chi connectivity index (χ0) is 19.8. The SMILES string of the molecule is C=CCOCC(NC(=O)C(Cc1cccc(F)c1)n1nnnc1C)C(=O)O. The first-order valence-electron chi connectivity index (χ1n) is 8.13. The van der Waals surface area contributed by atoms with Gasteiger partial charge >= 0.3 is 5.97 Å². The Balaban J connectivity index is 2.21. The summed E-state index contributed by atoms with van der Waals surface area (Å²) in [6.07, 6.45) is 1.55. The van der Waals surface area contributed by atoms with Gasteiger partial charge in [-0.1, -0.05) is 18.2 Å². The lowest BCUT2D eigenvalue weighted by Crippen LogP contribution is -2.47. The van der Waals surface area contributed by atoms with Crippen LogP contribution in [0.2, 0.25) is 0 Å². The maximum atomic E-state index is 13.5. The van der Waals surface area contributed by atoms with Gasteiger partial charge in [-0.25, -0.2) is 13.9 Å². The van der Waals surface area contributed by atoms with Crippen LogP contribution in [-0.4, -0.2) is 56.4 Å². The third-order valence-electron chi connectivity index (χ3n) is 3.71. The van der Waals surface area contributed by atoms with E-state index in [9.17, 15) is 19.1 Å². The van der Waals surface area contributed by atoms with E-state index < -0.39 is 29.8 Å². The number of ether oxygens (including phenoxy) is 1. The van der Waals surface area contributed by atoms with Gasteiger partial charge in [0.2, 0.25) is 5.91 Å². The molecule has 2 rings (SSSR count). The van der Waals surface area contributed by atoms with E-state index in [-0.39, 0.29) is 19.6 Å². The predicted octanol–water partition coefficient (Wildman–Crippen LogP) is 0.676. The molecule has 9 nitrogen and oxygen atoms in total. The number of nitrogens with one attached hydrogen (secondary N) is 1. The van der Waals surface area contributed by atoms with Crippen LogP contribution in [0.1, 0.15) is 17.4 Å². The number of aryl methyl sites for hydroxylation is 1. The first-order valence-corrected chi connectivity index (χ1v) is 8.13. The van der Waals surface area contributed by atoms with Gasteiger partial charge in [-0.3, -0.25) is 4.79 Å². The standard InChI is InChI=1S/C17H20FN5O4/c1-3-7-27-10-14(17(25)26)19-16(24)15(23-11(2)20-21-22-23)9-12-5-4-6-13(18)8-12/h3-6,8,14-15H,1,7,9-10H2,2H3,(H,19,24)(H,25,26). The van der Waals surface area contributed by atoms with Crippen molar-refractivity contribution < 1.29 is 23.8 Å². The summed E-state index contributed by atoms with van der Waals surface area (Å²) in [5.74, 6) is -1.95. The highest BCUT2D eigenvalue weighted by atomic mass is 19.1. The lowest BCUT2D eigenvalue weighted by Gasteiger charge is -2.21. The number of halogens is 1. The van der Waals surface area contributed by atoms with E-state index in [2.05, 4.69) is 27.4 Å². The molecule has 2 atom stereocenters. The van der Waals surface area contributed by atoms with Crippen LogP contribution in [0.25, 0.3) is 0 Å². The smallest absolute Gasteiger partial charge is 0.328 e. The number of aliphatic carboxylic acids is 1. The Hall–Kier alpha value is -3.14. The predicted molar refractivity (Wildman–Crippen MR) is 92.3 cm³/mol. The molecule has 0 aliphatic carbocycles. The Morgan fingerprint density at radius 2 is 2.26 bits per heavy atom. The molecule has 0 fully saturated rings. The van der Waals surface area contributed by atoms with Crippen molar-refractivity contribution in [2.75, 3.05) is 13.2 Å². The number of hydrogen-bond donors (Lipinski definition) is 2. The maximum Gasteiger partial charge on any atom is 0.328 e. The van der Waals surface area contributed by atoms with Crippen molar-refractivity contribution in [3.8, 4) is 0 Å². The molecular weight excluding hydrogens is 357 g/mol. The Morgan fingerprint density at radius 1 is 1.48 bits per heavy atom. The van der Waals surface area contributed by atoms with E-state index in [1.54, 1.807) is 13.0 Å². The van der Waals surface area contributed by atoms with Crippen LogP contribution < -0.4 is 5.32 Å². The lowest BCUT2D eigenvalue weighted by atomic mass is 10.0. The normalized spacial score (nSPS) is 13.0. The summed E-state index contributed by atoms with van der Waals surface area (Å²) >= 11 is 0. The van der Waals surface area contributed by atoms with E-state index in [0.717, 1.165) is 0 Å². The summed E-state index contributed by atoms with van der Waals surface area (Å²) in [6.45, 7) is 5.00. The fraction of sp³-hybridized carbons (Fsp3) is 0.353. The van der Waals surface area contributed by atoms with Crippen LogP contribution in [0.15, 0.2) is 36.9 Å². The lowest BCUT2D eigenvalue weighted by molar-refractivity contribution is -0.144. The molecular formula is C17H20FN5O4. The van der Waals surface area contributed by atoms with Gasteiger partial charge in [0.05, 0.1) is 13.2 Å². The van der Waals surface area contributed by atoms with Crippen LogP contribution in [0.5, 0.6) is 0 Å². The molecule has 1 aromatic heterocycles. The van der Waals surface area contributed by atoms with Crippen LogP contribution in [0, 0.1) is 12.7 Å². The molecule has 0 aliphatic rings. The Labute approximate surface area is 154 Å². The number of nitrogens with zero attached hydrogens (tertiary/aromatic N) is 4. The molecule has 1 amide bonds. The highest BCUT2D eigenvalue weighted by molar-refractivity contribution is 5.86. The van der Waals surface area contributed by atoms with Crippen LogP contribution in [0.4, 0.5) is 4.39 Å². The minimum atomic E-state index is -1.26. The highest BCUT2D eigenvalue weighted by Crippen LogP contribution is 2.16. The molecule has 0 saturated carbocycles. The molecule has 10 heteroatoms. The minimum absolute atomic E-state index is 0.0787. The van der Waals surface area contributed by atoms with Gasteiger partial charge in [-0.2, -0.15) is 0 Å². The summed E-state index contributed by atoms with van der Waals surface area (Å²) in [7, 11) is 0. The fourth-order valence-corrected chi connectivity index (χ4v) is 2.42. The molecule has 1 heterocycles. The maximum absolute atomic E-state index is 13.5. The molecule has 0 bridgehead atoms. The van der Waals surface area contributed by atoms with Crippen molar-refractivity contribution in [2.24, 2.45) is 0 Å². The van der Waals surface area contributed by atoms with Crippen molar-refractivity contribution in [1.29, 1.82) is 0 Å². The second kappa shape index (κ2) is 9.53. The Kier molecular flexibility index (Phi) is 7.12. The molecule has 2 unspecified atom stereocenters. The Morgan fingerprint density at radius 3 is 2.85 bits per heavy atom. The van der Waals surface area contributed by atoms with Gasteiger partial charge in [-0.15, -0.1) is 11.7 Å². The van der Waals surface area contributed by atoms with Gasteiger partial charge < -0.3 is 15.2 Å². The summed E-state index contributed by atoms with van der Waals surface area (Å²) in [4.78, 5) is 24.2. The summed E-state index contributed by atoms with van der Waals surface area (Å²) in [5.41, 5.74) is 0.542. The molecule has 1 aromatic carbocycles. The molecule has 2 aromatic rings. The third kappa shape index (κ3) is 5.68. The van der Waals surface area contributed by atoms with E-state index >= 15 is 0 Å². The topological polar surface area (TPSA) is 119 Å². The van der Waals surface area contributed by atoms with Crippen LogP contribution in [0.3, 0.4) is 0 Å². The number of rotatable bonds is 10. The summed E-state index contributed by atoms with van der Waals surface area (Å²) < 4.78 is 19.9. The number of carbonyl (C=O) groups excluding carboxylic acids is 1. The summed E-state index contributed by atoms with van der Waals surface area (Å²) in [5, 5.41) is 22.8. The number of carboxylic acids is 1. The molecule has 0 aliphatic heterocycles. The fourth-order valence-electron chi connectivity index (χ4n) is 2.42. The second-order valence-corrected chi connectivity index (χ2v) is 5.75. The molecule has 0 radical (unpaired) electrons. The number of carbonyl (C=O) groups is 2. The molecule has 2 N–H and O–H groups in total. The van der Waals surface area contributed by atoms with E-state index in [1.165, 1.54) is 29.0 Å². The molecule has 0 spiro atoms. The van der Waals surface area contributed by atoms with Crippen molar-refractivity contribution in [3.05, 3.63) is 54.1 Å². The quantitative estimate of drug-likeness (QED) is 0.461. The van der Waals surface area contributed by atoms with Crippen LogP contribution in [-0.2, 0) is 20.7 Å².